The van der Waals surface area contributed by atoms with Crippen LogP contribution in [0.15, 0.2) is 30.3 Å². The predicted octanol–water partition coefficient (Wildman–Crippen LogP) is 2.46. The van der Waals surface area contributed by atoms with Gasteiger partial charge < -0.3 is 0 Å². The summed E-state index contributed by atoms with van der Waals surface area (Å²) in [6.07, 6.45) is 0. The third-order valence-corrected chi connectivity index (χ3v) is 2.44. The van der Waals surface area contributed by atoms with Crippen LogP contribution in [0.25, 0.3) is 0 Å². The van der Waals surface area contributed by atoms with Crippen molar-refractivity contribution in [2.75, 3.05) is 0 Å². The van der Waals surface area contributed by atoms with Crippen LogP contribution >= 0.6 is 0 Å². The fraction of sp³-hybridized carbons (Fsp3) is 0.154. The highest BCUT2D eigenvalue weighted by molar-refractivity contribution is 6.08. The first kappa shape index (κ1) is 11.4. The van der Waals surface area contributed by atoms with Crippen LogP contribution in [0, 0.1) is 19.8 Å². The van der Waals surface area contributed by atoms with E-state index in [4.69, 9.17) is 0 Å². The lowest BCUT2D eigenvalue weighted by atomic mass is 10.1. The molecule has 0 spiro atoms. The molecular weight excluding hydrogens is 219 g/mol. The molecule has 0 atom stereocenters. The standard InChI is InChI=1S/C13H11FN2O/c1-8-11(15-9(2)13(14)16-8)12(17)10-6-4-3-5-7-10/h3-7H,1-2H3. The van der Waals surface area contributed by atoms with Crippen molar-refractivity contribution in [3.8, 4) is 0 Å². The molecule has 86 valence electrons. The molecule has 0 unspecified atom stereocenters. The minimum atomic E-state index is -0.632. The van der Waals surface area contributed by atoms with Crippen molar-refractivity contribution >= 4 is 5.78 Å². The maximum absolute atomic E-state index is 13.1. The van der Waals surface area contributed by atoms with Crippen LogP contribution in [0.5, 0.6) is 0 Å². The van der Waals surface area contributed by atoms with Crippen molar-refractivity contribution in [1.82, 2.24) is 9.97 Å². The van der Waals surface area contributed by atoms with Crippen LogP contribution in [0.2, 0.25) is 0 Å². The molecule has 0 amide bonds. The monoisotopic (exact) mass is 230 g/mol. The number of nitrogens with zero attached hydrogens (tertiary/aromatic N) is 2. The summed E-state index contributed by atoms with van der Waals surface area (Å²) in [5.74, 6) is -0.870. The number of hydrogen-bond acceptors (Lipinski definition) is 3. The molecule has 0 aliphatic heterocycles. The zero-order valence-electron chi connectivity index (χ0n) is 9.57. The summed E-state index contributed by atoms with van der Waals surface area (Å²) < 4.78 is 13.1. The van der Waals surface area contributed by atoms with E-state index in [9.17, 15) is 9.18 Å². The predicted molar refractivity (Wildman–Crippen MR) is 61.3 cm³/mol. The number of carbonyl (C=O) groups excluding carboxylic acids is 1. The Hall–Kier alpha value is -2.10. The third-order valence-electron chi connectivity index (χ3n) is 2.44. The second kappa shape index (κ2) is 4.41. The molecule has 2 rings (SSSR count). The van der Waals surface area contributed by atoms with Gasteiger partial charge in [-0.1, -0.05) is 30.3 Å². The third kappa shape index (κ3) is 2.20. The SMILES string of the molecule is Cc1nc(C(=O)c2ccccc2)c(C)nc1F. The van der Waals surface area contributed by atoms with Gasteiger partial charge in [-0.25, -0.2) is 9.97 Å². The van der Waals surface area contributed by atoms with Crippen molar-refractivity contribution in [2.45, 2.75) is 13.8 Å². The first-order valence-corrected chi connectivity index (χ1v) is 5.20. The topological polar surface area (TPSA) is 42.9 Å². The Balaban J connectivity index is 2.48. The Morgan fingerprint density at radius 3 is 2.35 bits per heavy atom. The first-order valence-electron chi connectivity index (χ1n) is 5.20. The highest BCUT2D eigenvalue weighted by atomic mass is 19.1. The van der Waals surface area contributed by atoms with E-state index >= 15 is 0 Å². The molecule has 1 heterocycles. The van der Waals surface area contributed by atoms with Gasteiger partial charge in [0.15, 0.2) is 0 Å². The number of aryl methyl sites for hydroxylation is 2. The molecule has 2 aromatic rings. The Bertz CT molecular complexity index is 567. The molecule has 0 saturated carbocycles. The van der Waals surface area contributed by atoms with Crippen LogP contribution in [0.4, 0.5) is 4.39 Å². The molecular formula is C13H11FN2O. The molecule has 17 heavy (non-hydrogen) atoms. The molecule has 0 N–H and O–H groups in total. The van der Waals surface area contributed by atoms with Crippen LogP contribution < -0.4 is 0 Å². The maximum Gasteiger partial charge on any atom is 0.234 e. The molecule has 0 aliphatic carbocycles. The highest BCUT2D eigenvalue weighted by Gasteiger charge is 2.16. The average Bonchev–Trinajstić information content (AvgIpc) is 2.34. The van der Waals surface area contributed by atoms with E-state index in [1.54, 1.807) is 31.2 Å². The fourth-order valence-electron chi connectivity index (χ4n) is 1.52. The van der Waals surface area contributed by atoms with Crippen LogP contribution in [-0.4, -0.2) is 15.8 Å². The number of ketones is 1. The van der Waals surface area contributed by atoms with Gasteiger partial charge in [0.25, 0.3) is 0 Å². The number of rotatable bonds is 2. The quantitative estimate of drug-likeness (QED) is 0.744. The Morgan fingerprint density at radius 2 is 1.71 bits per heavy atom. The lowest BCUT2D eigenvalue weighted by Gasteiger charge is -2.05. The van der Waals surface area contributed by atoms with E-state index in [-0.39, 0.29) is 17.2 Å². The van der Waals surface area contributed by atoms with Crippen molar-refractivity contribution < 1.29 is 9.18 Å². The minimum absolute atomic E-state index is 0.134. The fourth-order valence-corrected chi connectivity index (χ4v) is 1.52. The second-order valence-electron chi connectivity index (χ2n) is 3.73. The summed E-state index contributed by atoms with van der Waals surface area (Å²) in [5.41, 5.74) is 1.17. The molecule has 3 nitrogen and oxygen atoms in total. The number of benzene rings is 1. The number of aromatic nitrogens is 2. The van der Waals surface area contributed by atoms with Gasteiger partial charge in [0.1, 0.15) is 5.69 Å². The maximum atomic E-state index is 13.1. The second-order valence-corrected chi connectivity index (χ2v) is 3.73. The molecule has 0 bridgehead atoms. The normalized spacial score (nSPS) is 10.3. The summed E-state index contributed by atoms with van der Waals surface area (Å²) in [7, 11) is 0. The van der Waals surface area contributed by atoms with Crippen LogP contribution in [-0.2, 0) is 0 Å². The van der Waals surface area contributed by atoms with Gasteiger partial charge in [-0.3, -0.25) is 4.79 Å². The summed E-state index contributed by atoms with van der Waals surface area (Å²) in [5, 5.41) is 0. The molecule has 0 saturated heterocycles. The van der Waals surface area contributed by atoms with Gasteiger partial charge in [-0.15, -0.1) is 0 Å². The molecule has 0 radical (unpaired) electrons. The molecule has 1 aromatic carbocycles. The van der Waals surface area contributed by atoms with E-state index in [0.29, 0.717) is 11.3 Å². The van der Waals surface area contributed by atoms with Crippen LogP contribution in [0.3, 0.4) is 0 Å². The zero-order valence-corrected chi connectivity index (χ0v) is 9.57. The van der Waals surface area contributed by atoms with Crippen LogP contribution in [0.1, 0.15) is 27.4 Å². The lowest BCUT2D eigenvalue weighted by molar-refractivity contribution is 0.103. The van der Waals surface area contributed by atoms with E-state index in [1.807, 2.05) is 6.07 Å². The molecule has 4 heteroatoms. The summed E-state index contributed by atoms with van der Waals surface area (Å²) >= 11 is 0. The van der Waals surface area contributed by atoms with Gasteiger partial charge in [-0.2, -0.15) is 4.39 Å². The van der Waals surface area contributed by atoms with E-state index < -0.39 is 5.95 Å². The Kier molecular flexibility index (Phi) is 2.95. The van der Waals surface area contributed by atoms with E-state index in [1.165, 1.54) is 6.92 Å². The minimum Gasteiger partial charge on any atom is -0.287 e. The lowest BCUT2D eigenvalue weighted by Crippen LogP contribution is -2.11. The van der Waals surface area contributed by atoms with Gasteiger partial charge in [0, 0.05) is 5.56 Å². The molecule has 0 aliphatic rings. The summed E-state index contributed by atoms with van der Waals surface area (Å²) in [6.45, 7) is 3.06. The number of hydrogen-bond donors (Lipinski definition) is 0. The van der Waals surface area contributed by atoms with E-state index in [2.05, 4.69) is 9.97 Å². The van der Waals surface area contributed by atoms with Gasteiger partial charge in [0.2, 0.25) is 11.7 Å². The first-order chi connectivity index (χ1) is 8.09. The summed E-state index contributed by atoms with van der Waals surface area (Å²) in [4.78, 5) is 19.7. The van der Waals surface area contributed by atoms with Gasteiger partial charge >= 0.3 is 0 Å². The Morgan fingerprint density at radius 1 is 1.06 bits per heavy atom. The van der Waals surface area contributed by atoms with Crippen molar-refractivity contribution in [2.24, 2.45) is 0 Å². The van der Waals surface area contributed by atoms with Gasteiger partial charge in [-0.05, 0) is 13.8 Å². The Labute approximate surface area is 98.3 Å². The zero-order chi connectivity index (χ0) is 12.4. The van der Waals surface area contributed by atoms with E-state index in [0.717, 1.165) is 0 Å². The van der Waals surface area contributed by atoms with Crippen molar-refractivity contribution in [3.63, 3.8) is 0 Å². The van der Waals surface area contributed by atoms with Gasteiger partial charge in [0.05, 0.1) is 11.4 Å². The molecule has 0 fully saturated rings. The highest BCUT2D eigenvalue weighted by Crippen LogP contribution is 2.12. The smallest absolute Gasteiger partial charge is 0.234 e. The molecule has 1 aromatic heterocycles. The number of carbonyl (C=O) groups is 1. The average molecular weight is 230 g/mol. The largest absolute Gasteiger partial charge is 0.287 e. The summed E-state index contributed by atoms with van der Waals surface area (Å²) in [6, 6.07) is 8.76. The number of halogens is 1. The van der Waals surface area contributed by atoms with Crippen molar-refractivity contribution in [1.29, 1.82) is 0 Å². The van der Waals surface area contributed by atoms with Crippen molar-refractivity contribution in [3.05, 3.63) is 58.9 Å².